The minimum atomic E-state index is -0.961. The summed E-state index contributed by atoms with van der Waals surface area (Å²) in [5.41, 5.74) is 0. The van der Waals surface area contributed by atoms with Gasteiger partial charge in [-0.2, -0.15) is 0 Å². The lowest BCUT2D eigenvalue weighted by Gasteiger charge is -2.28. The van der Waals surface area contributed by atoms with Crippen molar-refractivity contribution in [3.05, 3.63) is 0 Å². The van der Waals surface area contributed by atoms with E-state index in [0.717, 1.165) is 25.9 Å². The van der Waals surface area contributed by atoms with Gasteiger partial charge in [-0.15, -0.1) is 0 Å². The van der Waals surface area contributed by atoms with Crippen molar-refractivity contribution in [2.45, 2.75) is 66.0 Å². The van der Waals surface area contributed by atoms with Crippen LogP contribution in [-0.2, 0) is 9.59 Å². The highest BCUT2D eigenvalue weighted by Gasteiger charge is 2.26. The van der Waals surface area contributed by atoms with Crippen molar-refractivity contribution >= 4 is 11.9 Å². The van der Waals surface area contributed by atoms with Crippen LogP contribution < -0.4 is 5.32 Å². The van der Waals surface area contributed by atoms with Gasteiger partial charge in [-0.1, -0.05) is 27.7 Å². The lowest BCUT2D eigenvalue weighted by molar-refractivity contribution is -0.143. The predicted molar refractivity (Wildman–Crippen MR) is 80.6 cm³/mol. The third-order valence-electron chi connectivity index (χ3n) is 3.27. The molecule has 0 aromatic rings. The molecule has 2 atom stereocenters. The second-order valence-electron chi connectivity index (χ2n) is 5.74. The van der Waals surface area contributed by atoms with Gasteiger partial charge in [0.25, 0.3) is 0 Å². The summed E-state index contributed by atoms with van der Waals surface area (Å²) in [6.07, 6.45) is 2.41. The third kappa shape index (κ3) is 6.89. The summed E-state index contributed by atoms with van der Waals surface area (Å²) in [4.78, 5) is 25.5. The van der Waals surface area contributed by atoms with E-state index in [9.17, 15) is 9.59 Å². The highest BCUT2D eigenvalue weighted by molar-refractivity contribution is 5.86. The van der Waals surface area contributed by atoms with E-state index in [2.05, 4.69) is 24.1 Å². The van der Waals surface area contributed by atoms with E-state index in [1.165, 1.54) is 0 Å². The number of carboxylic acid groups (broad SMARTS) is 1. The Morgan fingerprint density at radius 1 is 1.10 bits per heavy atom. The number of carbonyl (C=O) groups is 2. The Morgan fingerprint density at radius 2 is 1.60 bits per heavy atom. The Kier molecular flexibility index (Phi) is 9.21. The molecule has 0 saturated carbocycles. The van der Waals surface area contributed by atoms with Crippen molar-refractivity contribution < 1.29 is 14.7 Å². The van der Waals surface area contributed by atoms with E-state index >= 15 is 0 Å². The maximum atomic E-state index is 12.2. The number of nitrogens with one attached hydrogen (secondary N) is 1. The summed E-state index contributed by atoms with van der Waals surface area (Å²) in [7, 11) is 0. The van der Waals surface area contributed by atoms with Gasteiger partial charge >= 0.3 is 5.97 Å². The number of carboxylic acids is 1. The number of hydrogen-bond acceptors (Lipinski definition) is 3. The SMILES string of the molecule is CCCN(CCC)C(C)C(=O)NC(CC(C)C)C(=O)O. The fourth-order valence-electron chi connectivity index (χ4n) is 2.22. The highest BCUT2D eigenvalue weighted by Crippen LogP contribution is 2.07. The van der Waals surface area contributed by atoms with Crippen molar-refractivity contribution in [3.8, 4) is 0 Å². The summed E-state index contributed by atoms with van der Waals surface area (Å²) < 4.78 is 0. The molecule has 0 aliphatic rings. The van der Waals surface area contributed by atoms with Crippen LogP contribution in [0.25, 0.3) is 0 Å². The van der Waals surface area contributed by atoms with Crippen LogP contribution in [0.3, 0.4) is 0 Å². The van der Waals surface area contributed by atoms with Crippen LogP contribution in [0.15, 0.2) is 0 Å². The average molecular weight is 286 g/mol. The molecule has 0 saturated heterocycles. The molecule has 0 aliphatic heterocycles. The molecule has 0 aromatic carbocycles. The molecule has 2 N–H and O–H groups in total. The van der Waals surface area contributed by atoms with E-state index in [1.807, 2.05) is 20.8 Å². The summed E-state index contributed by atoms with van der Waals surface area (Å²) in [5.74, 6) is -0.925. The minimum Gasteiger partial charge on any atom is -0.480 e. The Hall–Kier alpha value is -1.10. The maximum Gasteiger partial charge on any atom is 0.326 e. The van der Waals surface area contributed by atoms with Gasteiger partial charge in [-0.25, -0.2) is 4.79 Å². The van der Waals surface area contributed by atoms with Crippen molar-refractivity contribution in [3.63, 3.8) is 0 Å². The van der Waals surface area contributed by atoms with E-state index in [1.54, 1.807) is 0 Å². The van der Waals surface area contributed by atoms with Gasteiger partial charge in [0.1, 0.15) is 6.04 Å². The maximum absolute atomic E-state index is 12.2. The molecule has 5 nitrogen and oxygen atoms in total. The summed E-state index contributed by atoms with van der Waals surface area (Å²) in [6, 6.07) is -1.08. The molecule has 5 heteroatoms. The van der Waals surface area contributed by atoms with Crippen LogP contribution in [0.5, 0.6) is 0 Å². The molecule has 20 heavy (non-hydrogen) atoms. The summed E-state index contributed by atoms with van der Waals surface area (Å²) >= 11 is 0. The normalized spacial score (nSPS) is 14.3. The van der Waals surface area contributed by atoms with E-state index in [4.69, 9.17) is 5.11 Å². The molecule has 0 rings (SSSR count). The van der Waals surface area contributed by atoms with Crippen LogP contribution in [0.2, 0.25) is 0 Å². The van der Waals surface area contributed by atoms with Gasteiger partial charge in [0.15, 0.2) is 0 Å². The monoisotopic (exact) mass is 286 g/mol. The first-order chi connectivity index (χ1) is 9.33. The van der Waals surface area contributed by atoms with Gasteiger partial charge in [-0.05, 0) is 45.2 Å². The average Bonchev–Trinajstić information content (AvgIpc) is 2.36. The van der Waals surface area contributed by atoms with Crippen molar-refractivity contribution in [2.24, 2.45) is 5.92 Å². The zero-order valence-corrected chi connectivity index (χ0v) is 13.5. The van der Waals surface area contributed by atoms with Gasteiger partial charge in [0.2, 0.25) is 5.91 Å². The zero-order chi connectivity index (χ0) is 15.7. The molecule has 118 valence electrons. The number of hydrogen-bond donors (Lipinski definition) is 2. The largest absolute Gasteiger partial charge is 0.480 e. The Labute approximate surface area is 122 Å². The molecule has 2 unspecified atom stereocenters. The van der Waals surface area contributed by atoms with Crippen LogP contribution >= 0.6 is 0 Å². The first-order valence-corrected chi connectivity index (χ1v) is 7.60. The Balaban J connectivity index is 4.64. The second-order valence-corrected chi connectivity index (χ2v) is 5.74. The van der Waals surface area contributed by atoms with Gasteiger partial charge in [0.05, 0.1) is 6.04 Å². The van der Waals surface area contributed by atoms with Crippen molar-refractivity contribution in [1.82, 2.24) is 10.2 Å². The van der Waals surface area contributed by atoms with Gasteiger partial charge in [-0.3, -0.25) is 9.69 Å². The minimum absolute atomic E-state index is 0.194. The van der Waals surface area contributed by atoms with Crippen LogP contribution in [0.4, 0.5) is 0 Å². The van der Waals surface area contributed by atoms with Crippen molar-refractivity contribution in [2.75, 3.05) is 13.1 Å². The van der Waals surface area contributed by atoms with E-state index in [-0.39, 0.29) is 17.9 Å². The first-order valence-electron chi connectivity index (χ1n) is 7.60. The number of carbonyl (C=O) groups excluding carboxylic acids is 1. The molecule has 1 amide bonds. The fourth-order valence-corrected chi connectivity index (χ4v) is 2.22. The lowest BCUT2D eigenvalue weighted by atomic mass is 10.0. The predicted octanol–water partition coefficient (Wildman–Crippen LogP) is 2.11. The summed E-state index contributed by atoms with van der Waals surface area (Å²) in [5, 5.41) is 11.8. The van der Waals surface area contributed by atoms with Gasteiger partial charge < -0.3 is 10.4 Å². The fraction of sp³-hybridized carbons (Fsp3) is 0.867. The molecular formula is C15H30N2O3. The number of amides is 1. The number of nitrogens with zero attached hydrogens (tertiary/aromatic N) is 1. The molecule has 0 spiro atoms. The number of rotatable bonds is 10. The number of aliphatic carboxylic acids is 1. The van der Waals surface area contributed by atoms with E-state index < -0.39 is 12.0 Å². The topological polar surface area (TPSA) is 69.6 Å². The van der Waals surface area contributed by atoms with Gasteiger partial charge in [0, 0.05) is 0 Å². The molecular weight excluding hydrogens is 256 g/mol. The standard InChI is InChI=1S/C15H30N2O3/c1-6-8-17(9-7-2)12(5)14(18)16-13(15(19)20)10-11(3)4/h11-13H,6-10H2,1-5H3,(H,16,18)(H,19,20). The molecule has 0 aliphatic carbocycles. The lowest BCUT2D eigenvalue weighted by Crippen LogP contribution is -2.51. The van der Waals surface area contributed by atoms with E-state index in [0.29, 0.717) is 6.42 Å². The molecule has 0 heterocycles. The molecule has 0 radical (unpaired) electrons. The Morgan fingerprint density at radius 3 is 1.95 bits per heavy atom. The smallest absolute Gasteiger partial charge is 0.326 e. The van der Waals surface area contributed by atoms with Crippen LogP contribution in [-0.4, -0.2) is 47.1 Å². The second kappa shape index (κ2) is 9.75. The highest BCUT2D eigenvalue weighted by atomic mass is 16.4. The third-order valence-corrected chi connectivity index (χ3v) is 3.27. The Bertz CT molecular complexity index is 299. The van der Waals surface area contributed by atoms with Crippen molar-refractivity contribution in [1.29, 1.82) is 0 Å². The quantitative estimate of drug-likeness (QED) is 0.645. The molecule has 0 aromatic heterocycles. The zero-order valence-electron chi connectivity index (χ0n) is 13.5. The summed E-state index contributed by atoms with van der Waals surface area (Å²) in [6.45, 7) is 11.6. The van der Waals surface area contributed by atoms with Crippen LogP contribution in [0.1, 0.15) is 53.9 Å². The first kappa shape index (κ1) is 18.9. The molecule has 0 bridgehead atoms. The molecule has 0 fully saturated rings. The van der Waals surface area contributed by atoms with Crippen LogP contribution in [0, 0.1) is 5.92 Å².